The Morgan fingerprint density at radius 2 is 2.20 bits per heavy atom. The van der Waals surface area contributed by atoms with Crippen LogP contribution in [0.5, 0.6) is 0 Å². The van der Waals surface area contributed by atoms with Crippen LogP contribution in [0.1, 0.15) is 37.6 Å². The molecule has 1 aromatic carbocycles. The van der Waals surface area contributed by atoms with Crippen LogP contribution in [0.4, 0.5) is 11.4 Å². The molecule has 0 heterocycles. The molecule has 0 amide bonds. The van der Waals surface area contributed by atoms with Gasteiger partial charge >= 0.3 is 5.97 Å². The van der Waals surface area contributed by atoms with Gasteiger partial charge in [0.1, 0.15) is 0 Å². The van der Waals surface area contributed by atoms with Gasteiger partial charge in [-0.3, -0.25) is 0 Å². The Hall–Kier alpha value is -2.22. The van der Waals surface area contributed by atoms with Gasteiger partial charge < -0.3 is 15.4 Å². The van der Waals surface area contributed by atoms with Crippen LogP contribution in [-0.4, -0.2) is 25.2 Å². The smallest absolute Gasteiger partial charge is 0.340 e. The second-order valence-corrected chi connectivity index (χ2v) is 4.65. The Balaban J connectivity index is 3.14. The number of para-hydroxylation sites is 1. The lowest BCUT2D eigenvalue weighted by Gasteiger charge is -2.29. The van der Waals surface area contributed by atoms with Crippen molar-refractivity contribution in [3.05, 3.63) is 23.8 Å². The highest BCUT2D eigenvalue weighted by Gasteiger charge is 2.18. The molecule has 0 saturated heterocycles. The summed E-state index contributed by atoms with van der Waals surface area (Å²) in [5.41, 5.74) is 7.63. The summed E-state index contributed by atoms with van der Waals surface area (Å²) in [6.45, 7) is 6.68. The second-order valence-electron chi connectivity index (χ2n) is 4.65. The zero-order chi connectivity index (χ0) is 15.1. The predicted octanol–water partition coefficient (Wildman–Crippen LogP) is 2.57. The summed E-state index contributed by atoms with van der Waals surface area (Å²) in [5, 5.41) is 8.74. The predicted molar refractivity (Wildman–Crippen MR) is 79.5 cm³/mol. The number of ether oxygens (including phenoxy) is 1. The fraction of sp³-hybridized carbons (Fsp3) is 0.467. The standard InChI is InChI=1S/C15H21N3O2/c1-4-20-15(19)12-7-5-8-13(14(12)17)18(11(2)3)10-6-9-16/h5,7-8,11H,4,6,10,17H2,1-3H3. The molecule has 0 unspecified atom stereocenters. The number of carbonyl (C=O) groups excluding carboxylic acids is 1. The van der Waals surface area contributed by atoms with E-state index in [-0.39, 0.29) is 6.04 Å². The summed E-state index contributed by atoms with van der Waals surface area (Å²) >= 11 is 0. The number of hydrogen-bond acceptors (Lipinski definition) is 5. The van der Waals surface area contributed by atoms with Crippen LogP contribution in [0.15, 0.2) is 18.2 Å². The number of nitrogen functional groups attached to an aromatic ring is 1. The Morgan fingerprint density at radius 3 is 2.75 bits per heavy atom. The van der Waals surface area contributed by atoms with E-state index in [4.69, 9.17) is 15.7 Å². The Labute approximate surface area is 119 Å². The van der Waals surface area contributed by atoms with Crippen molar-refractivity contribution in [3.8, 4) is 6.07 Å². The van der Waals surface area contributed by atoms with Crippen LogP contribution >= 0.6 is 0 Å². The van der Waals surface area contributed by atoms with Gasteiger partial charge in [0, 0.05) is 12.6 Å². The first-order valence-corrected chi connectivity index (χ1v) is 6.72. The minimum Gasteiger partial charge on any atom is -0.462 e. The monoisotopic (exact) mass is 275 g/mol. The lowest BCUT2D eigenvalue weighted by atomic mass is 10.1. The molecule has 0 saturated carbocycles. The molecular formula is C15H21N3O2. The number of nitriles is 1. The number of benzene rings is 1. The molecule has 0 atom stereocenters. The highest BCUT2D eigenvalue weighted by molar-refractivity contribution is 5.98. The summed E-state index contributed by atoms with van der Waals surface area (Å²) in [6.07, 6.45) is 0.404. The van der Waals surface area contributed by atoms with Crippen molar-refractivity contribution >= 4 is 17.3 Å². The maximum absolute atomic E-state index is 11.9. The van der Waals surface area contributed by atoms with Gasteiger partial charge in [-0.05, 0) is 32.9 Å². The van der Waals surface area contributed by atoms with Gasteiger partial charge in [-0.2, -0.15) is 5.26 Å². The minimum absolute atomic E-state index is 0.183. The highest BCUT2D eigenvalue weighted by atomic mass is 16.5. The SMILES string of the molecule is CCOC(=O)c1cccc(N(CCC#N)C(C)C)c1N. The van der Waals surface area contributed by atoms with Crippen molar-refractivity contribution in [3.63, 3.8) is 0 Å². The van der Waals surface area contributed by atoms with Gasteiger partial charge in [-0.25, -0.2) is 4.79 Å². The van der Waals surface area contributed by atoms with Crippen molar-refractivity contribution in [1.82, 2.24) is 0 Å². The van der Waals surface area contributed by atoms with Crippen LogP contribution in [0.2, 0.25) is 0 Å². The first kappa shape index (κ1) is 15.8. The third kappa shape index (κ3) is 3.64. The Morgan fingerprint density at radius 1 is 1.50 bits per heavy atom. The first-order chi connectivity index (χ1) is 9.52. The fourth-order valence-corrected chi connectivity index (χ4v) is 2.02. The van der Waals surface area contributed by atoms with Crippen molar-refractivity contribution < 1.29 is 9.53 Å². The molecule has 0 radical (unpaired) electrons. The highest BCUT2D eigenvalue weighted by Crippen LogP contribution is 2.29. The van der Waals surface area contributed by atoms with Crippen LogP contribution < -0.4 is 10.6 Å². The fourth-order valence-electron chi connectivity index (χ4n) is 2.02. The maximum Gasteiger partial charge on any atom is 0.340 e. The van der Waals surface area contributed by atoms with Gasteiger partial charge in [-0.15, -0.1) is 0 Å². The molecule has 1 aromatic rings. The van der Waals surface area contributed by atoms with E-state index in [1.54, 1.807) is 19.1 Å². The zero-order valence-electron chi connectivity index (χ0n) is 12.2. The summed E-state index contributed by atoms with van der Waals surface area (Å²) in [6, 6.07) is 7.60. The number of esters is 1. The Kier molecular flexibility index (Phi) is 5.85. The normalized spacial score (nSPS) is 10.2. The molecule has 0 aliphatic rings. The van der Waals surface area contributed by atoms with Gasteiger partial charge in [0.25, 0.3) is 0 Å². The number of nitrogens with zero attached hydrogens (tertiary/aromatic N) is 2. The van der Waals surface area contributed by atoms with Gasteiger partial charge in [-0.1, -0.05) is 6.07 Å². The summed E-state index contributed by atoms with van der Waals surface area (Å²) < 4.78 is 5.00. The maximum atomic E-state index is 11.9. The van der Waals surface area contributed by atoms with E-state index in [1.165, 1.54) is 0 Å². The van der Waals surface area contributed by atoms with E-state index in [2.05, 4.69) is 6.07 Å². The third-order valence-corrected chi connectivity index (χ3v) is 2.98. The molecule has 0 fully saturated rings. The van der Waals surface area contributed by atoms with E-state index < -0.39 is 5.97 Å². The number of rotatable bonds is 6. The van der Waals surface area contributed by atoms with E-state index in [0.29, 0.717) is 30.8 Å². The lowest BCUT2D eigenvalue weighted by molar-refractivity contribution is 0.0527. The molecule has 108 valence electrons. The van der Waals surface area contributed by atoms with Crippen LogP contribution in [0, 0.1) is 11.3 Å². The average molecular weight is 275 g/mol. The molecule has 0 aliphatic heterocycles. The van der Waals surface area contributed by atoms with Crippen LogP contribution in [-0.2, 0) is 4.74 Å². The molecule has 1 rings (SSSR count). The zero-order valence-corrected chi connectivity index (χ0v) is 12.2. The second kappa shape index (κ2) is 7.39. The topological polar surface area (TPSA) is 79.3 Å². The summed E-state index contributed by atoms with van der Waals surface area (Å²) in [7, 11) is 0. The van der Waals surface area contributed by atoms with Gasteiger partial charge in [0.2, 0.25) is 0 Å². The number of nitrogens with two attached hydrogens (primary N) is 1. The number of anilines is 2. The van der Waals surface area contributed by atoms with Crippen molar-refractivity contribution in [2.45, 2.75) is 33.2 Å². The molecule has 0 bridgehead atoms. The van der Waals surface area contributed by atoms with E-state index in [0.717, 1.165) is 5.69 Å². The van der Waals surface area contributed by atoms with Gasteiger partial charge in [0.15, 0.2) is 0 Å². The molecule has 0 spiro atoms. The molecule has 0 aromatic heterocycles. The van der Waals surface area contributed by atoms with Crippen molar-refractivity contribution in [2.75, 3.05) is 23.8 Å². The number of hydrogen-bond donors (Lipinski definition) is 1. The van der Waals surface area contributed by atoms with Crippen molar-refractivity contribution in [1.29, 1.82) is 5.26 Å². The Bertz CT molecular complexity index is 506. The first-order valence-electron chi connectivity index (χ1n) is 6.72. The summed E-state index contributed by atoms with van der Waals surface area (Å²) in [4.78, 5) is 13.9. The molecular weight excluding hydrogens is 254 g/mol. The lowest BCUT2D eigenvalue weighted by Crippen LogP contribution is -2.32. The van der Waals surface area contributed by atoms with Crippen LogP contribution in [0.25, 0.3) is 0 Å². The van der Waals surface area contributed by atoms with E-state index in [9.17, 15) is 4.79 Å². The third-order valence-electron chi connectivity index (χ3n) is 2.98. The van der Waals surface area contributed by atoms with Crippen LogP contribution in [0.3, 0.4) is 0 Å². The van der Waals surface area contributed by atoms with Crippen molar-refractivity contribution in [2.24, 2.45) is 0 Å². The molecule has 2 N–H and O–H groups in total. The number of carbonyl (C=O) groups is 1. The van der Waals surface area contributed by atoms with E-state index in [1.807, 2.05) is 24.8 Å². The molecule has 5 heteroatoms. The molecule has 20 heavy (non-hydrogen) atoms. The van der Waals surface area contributed by atoms with Gasteiger partial charge in [0.05, 0.1) is 36.0 Å². The molecule has 0 aliphatic carbocycles. The van der Waals surface area contributed by atoms with E-state index >= 15 is 0 Å². The summed E-state index contributed by atoms with van der Waals surface area (Å²) in [5.74, 6) is -0.421. The molecule has 5 nitrogen and oxygen atoms in total. The largest absolute Gasteiger partial charge is 0.462 e. The average Bonchev–Trinajstić information content (AvgIpc) is 2.40. The quantitative estimate of drug-likeness (QED) is 0.637. The minimum atomic E-state index is -0.421.